The van der Waals surface area contributed by atoms with Gasteiger partial charge in [0.1, 0.15) is 11.8 Å². The number of hydrogen-bond acceptors (Lipinski definition) is 4. The van der Waals surface area contributed by atoms with E-state index in [9.17, 15) is 9.59 Å². The van der Waals surface area contributed by atoms with E-state index in [1.807, 2.05) is 91.0 Å². The number of alkyl halides is 1. The molecule has 1 aromatic heterocycles. The summed E-state index contributed by atoms with van der Waals surface area (Å²) in [6.07, 6.45) is -1.77. The van der Waals surface area contributed by atoms with E-state index in [4.69, 9.17) is 9.47 Å². The normalized spacial score (nSPS) is 19.9. The Kier molecular flexibility index (Phi) is 6.67. The first-order valence-corrected chi connectivity index (χ1v) is 11.9. The predicted molar refractivity (Wildman–Crippen MR) is 135 cm³/mol. The van der Waals surface area contributed by atoms with E-state index in [0.717, 1.165) is 21.3 Å². The standard InChI is InChI=1S/C29H27FN2O4/c1-20-18-32(28(34)31-26(20)33)27-25(30)17-24(36-27)19-35-29(21-11-5-2-6-12-21,22-13-7-3-8-14-22)23-15-9-4-10-16-23/h2-16,18,24-25,27H,17,19H2,1H3,(H,31,33,34)/t24-,25+,27+/m0/s1. The number of aryl methyl sites for hydroxylation is 1. The van der Waals surface area contributed by atoms with Crippen LogP contribution in [0.1, 0.15) is 34.9 Å². The quantitative estimate of drug-likeness (QED) is 0.391. The molecule has 7 heteroatoms. The second-order valence-corrected chi connectivity index (χ2v) is 8.97. The molecule has 6 nitrogen and oxygen atoms in total. The lowest BCUT2D eigenvalue weighted by Crippen LogP contribution is -2.36. The monoisotopic (exact) mass is 486 g/mol. The minimum absolute atomic E-state index is 0.0593. The summed E-state index contributed by atoms with van der Waals surface area (Å²) in [5.41, 5.74) is 0.947. The average Bonchev–Trinajstić information content (AvgIpc) is 3.28. The third kappa shape index (κ3) is 4.43. The first-order valence-electron chi connectivity index (χ1n) is 11.9. The molecule has 2 heterocycles. The number of nitrogens with one attached hydrogen (secondary N) is 1. The minimum atomic E-state index is -1.43. The maximum Gasteiger partial charge on any atom is 0.330 e. The second-order valence-electron chi connectivity index (χ2n) is 8.97. The summed E-state index contributed by atoms with van der Waals surface area (Å²) in [6, 6.07) is 29.7. The highest BCUT2D eigenvalue weighted by molar-refractivity contribution is 5.47. The van der Waals surface area contributed by atoms with Crippen LogP contribution in [0.5, 0.6) is 0 Å². The SMILES string of the molecule is Cc1cn([C@@H]2O[C@H](COC(c3ccccc3)(c3ccccc3)c3ccccc3)C[C@H]2F)c(=O)[nH]c1=O. The van der Waals surface area contributed by atoms with E-state index in [-0.39, 0.29) is 13.0 Å². The van der Waals surface area contributed by atoms with Gasteiger partial charge in [-0.15, -0.1) is 0 Å². The van der Waals surface area contributed by atoms with Gasteiger partial charge < -0.3 is 9.47 Å². The fourth-order valence-corrected chi connectivity index (χ4v) is 4.81. The van der Waals surface area contributed by atoms with Gasteiger partial charge >= 0.3 is 5.69 Å². The number of aromatic amines is 1. The van der Waals surface area contributed by atoms with Gasteiger partial charge in [0.25, 0.3) is 5.56 Å². The van der Waals surface area contributed by atoms with Crippen LogP contribution in [0, 0.1) is 6.92 Å². The number of ether oxygens (including phenoxy) is 2. The number of H-pyrrole nitrogens is 1. The number of rotatable bonds is 7. The van der Waals surface area contributed by atoms with E-state index in [2.05, 4.69) is 4.98 Å². The van der Waals surface area contributed by atoms with Crippen molar-refractivity contribution >= 4 is 0 Å². The maximum absolute atomic E-state index is 15.1. The van der Waals surface area contributed by atoms with E-state index < -0.39 is 35.4 Å². The Hall–Kier alpha value is -3.81. The van der Waals surface area contributed by atoms with Gasteiger partial charge in [-0.3, -0.25) is 14.3 Å². The van der Waals surface area contributed by atoms with Gasteiger partial charge in [-0.05, 0) is 23.6 Å². The molecule has 1 fully saturated rings. The maximum atomic E-state index is 15.1. The lowest BCUT2D eigenvalue weighted by atomic mass is 9.80. The summed E-state index contributed by atoms with van der Waals surface area (Å²) in [5.74, 6) is 0. The fourth-order valence-electron chi connectivity index (χ4n) is 4.81. The van der Waals surface area contributed by atoms with Gasteiger partial charge in [-0.1, -0.05) is 91.0 Å². The smallest absolute Gasteiger partial charge is 0.330 e. The van der Waals surface area contributed by atoms with Crippen LogP contribution in [0.15, 0.2) is 107 Å². The number of benzene rings is 3. The van der Waals surface area contributed by atoms with E-state index in [1.165, 1.54) is 6.20 Å². The molecule has 1 N–H and O–H groups in total. The largest absolute Gasteiger partial charge is 0.358 e. The molecule has 3 atom stereocenters. The Balaban J connectivity index is 1.49. The zero-order valence-electron chi connectivity index (χ0n) is 19.8. The summed E-state index contributed by atoms with van der Waals surface area (Å²) in [4.78, 5) is 26.3. The molecule has 184 valence electrons. The van der Waals surface area contributed by atoms with Gasteiger partial charge in [0, 0.05) is 18.2 Å². The highest BCUT2D eigenvalue weighted by Crippen LogP contribution is 2.41. The summed E-state index contributed by atoms with van der Waals surface area (Å²) in [5, 5.41) is 0. The molecule has 4 aromatic rings. The Bertz CT molecular complexity index is 1320. The molecule has 0 amide bonds. The van der Waals surface area contributed by atoms with Crippen molar-refractivity contribution in [3.63, 3.8) is 0 Å². The van der Waals surface area contributed by atoms with Crippen LogP contribution in [-0.2, 0) is 15.1 Å². The molecule has 1 aliphatic heterocycles. The predicted octanol–water partition coefficient (Wildman–Crippen LogP) is 4.48. The lowest BCUT2D eigenvalue weighted by Gasteiger charge is -2.36. The van der Waals surface area contributed by atoms with Crippen molar-refractivity contribution in [2.45, 2.75) is 37.4 Å². The topological polar surface area (TPSA) is 73.3 Å². The van der Waals surface area contributed by atoms with Gasteiger partial charge in [-0.25, -0.2) is 9.18 Å². The number of halogens is 1. The minimum Gasteiger partial charge on any atom is -0.358 e. The summed E-state index contributed by atoms with van der Waals surface area (Å²) in [6.45, 7) is 1.65. The van der Waals surface area contributed by atoms with E-state index in [1.54, 1.807) is 6.92 Å². The molecule has 36 heavy (non-hydrogen) atoms. The highest BCUT2D eigenvalue weighted by Gasteiger charge is 2.42. The molecule has 0 bridgehead atoms. The summed E-state index contributed by atoms with van der Waals surface area (Å²) in [7, 11) is 0. The molecular formula is C29H27FN2O4. The molecule has 0 radical (unpaired) electrons. The summed E-state index contributed by atoms with van der Waals surface area (Å²) < 4.78 is 28.9. The first-order chi connectivity index (χ1) is 17.5. The van der Waals surface area contributed by atoms with Crippen molar-refractivity contribution in [1.29, 1.82) is 0 Å². The molecule has 1 saturated heterocycles. The lowest BCUT2D eigenvalue weighted by molar-refractivity contribution is -0.0826. The van der Waals surface area contributed by atoms with Crippen molar-refractivity contribution in [1.82, 2.24) is 9.55 Å². The molecule has 0 saturated carbocycles. The third-order valence-electron chi connectivity index (χ3n) is 6.58. The molecule has 1 aliphatic rings. The van der Waals surface area contributed by atoms with Crippen LogP contribution in [0.2, 0.25) is 0 Å². The van der Waals surface area contributed by atoms with E-state index in [0.29, 0.717) is 5.56 Å². The first kappa shape index (κ1) is 23.9. The van der Waals surface area contributed by atoms with Crippen molar-refractivity contribution in [2.75, 3.05) is 6.61 Å². The van der Waals surface area contributed by atoms with Crippen molar-refractivity contribution in [3.8, 4) is 0 Å². The van der Waals surface area contributed by atoms with E-state index >= 15 is 4.39 Å². The zero-order valence-corrected chi connectivity index (χ0v) is 19.8. The Morgan fingerprint density at radius 3 is 1.92 bits per heavy atom. The van der Waals surface area contributed by atoms with Crippen LogP contribution in [0.4, 0.5) is 4.39 Å². The van der Waals surface area contributed by atoms with Crippen LogP contribution >= 0.6 is 0 Å². The third-order valence-corrected chi connectivity index (χ3v) is 6.58. The average molecular weight is 487 g/mol. The Morgan fingerprint density at radius 2 is 1.42 bits per heavy atom. The number of aromatic nitrogens is 2. The van der Waals surface area contributed by atoms with Gasteiger partial charge in [0.05, 0.1) is 12.7 Å². The highest BCUT2D eigenvalue weighted by atomic mass is 19.1. The van der Waals surface area contributed by atoms with Crippen molar-refractivity contribution < 1.29 is 13.9 Å². The van der Waals surface area contributed by atoms with Gasteiger partial charge in [-0.2, -0.15) is 0 Å². The molecule has 5 rings (SSSR count). The molecular weight excluding hydrogens is 459 g/mol. The molecule has 0 aliphatic carbocycles. The Morgan fingerprint density at radius 1 is 0.917 bits per heavy atom. The second kappa shape index (κ2) is 10.0. The summed E-state index contributed by atoms with van der Waals surface area (Å²) >= 11 is 0. The van der Waals surface area contributed by atoms with Crippen LogP contribution in [0.25, 0.3) is 0 Å². The van der Waals surface area contributed by atoms with Crippen molar-refractivity contribution in [3.05, 3.63) is 140 Å². The van der Waals surface area contributed by atoms with Crippen LogP contribution in [0.3, 0.4) is 0 Å². The van der Waals surface area contributed by atoms with Crippen LogP contribution in [-0.4, -0.2) is 28.4 Å². The van der Waals surface area contributed by atoms with Gasteiger partial charge in [0.15, 0.2) is 6.23 Å². The molecule has 0 spiro atoms. The number of hydrogen-bond donors (Lipinski definition) is 1. The van der Waals surface area contributed by atoms with Crippen LogP contribution < -0.4 is 11.2 Å². The fraction of sp³-hybridized carbons (Fsp3) is 0.241. The molecule has 3 aromatic carbocycles. The van der Waals surface area contributed by atoms with Gasteiger partial charge in [0.2, 0.25) is 0 Å². The van der Waals surface area contributed by atoms with Crippen molar-refractivity contribution in [2.24, 2.45) is 0 Å². The zero-order chi connectivity index (χ0) is 25.1. The molecule has 0 unspecified atom stereocenters. The Labute approximate surface area is 208 Å². The number of nitrogens with zero attached hydrogens (tertiary/aromatic N) is 1.